The van der Waals surface area contributed by atoms with Gasteiger partial charge in [-0.05, 0) is 36.7 Å². The van der Waals surface area contributed by atoms with Gasteiger partial charge in [0.1, 0.15) is 6.73 Å². The number of hydrogen-bond donors (Lipinski definition) is 1. The fourth-order valence-corrected chi connectivity index (χ4v) is 1.04. The number of anilines is 1. The van der Waals surface area contributed by atoms with Crippen LogP contribution >= 0.6 is 15.9 Å². The Labute approximate surface area is 85.4 Å². The molecule has 0 aliphatic heterocycles. The molecule has 1 rings (SSSR count). The van der Waals surface area contributed by atoms with Gasteiger partial charge in [-0.3, -0.25) is 0 Å². The lowest BCUT2D eigenvalue weighted by atomic mass is 10.2. The van der Waals surface area contributed by atoms with Crippen molar-refractivity contribution in [2.24, 2.45) is 0 Å². The van der Waals surface area contributed by atoms with Gasteiger partial charge in [-0.2, -0.15) is 4.98 Å². The van der Waals surface area contributed by atoms with Crippen LogP contribution in [0.2, 0.25) is 0 Å². The van der Waals surface area contributed by atoms with E-state index in [2.05, 4.69) is 26.0 Å². The van der Waals surface area contributed by atoms with E-state index in [1.54, 1.807) is 4.68 Å². The van der Waals surface area contributed by atoms with Crippen LogP contribution in [-0.2, 0) is 11.5 Å². The Kier molecular flexibility index (Phi) is 2.92. The molecule has 74 valence electrons. The number of nitrogens with two attached hydrogens (primary N) is 1. The van der Waals surface area contributed by atoms with Crippen molar-refractivity contribution < 1.29 is 4.74 Å². The molecule has 0 radical (unpaired) electrons. The van der Waals surface area contributed by atoms with E-state index in [-0.39, 0.29) is 11.5 Å². The van der Waals surface area contributed by atoms with Gasteiger partial charge in [-0.15, -0.1) is 5.10 Å². The van der Waals surface area contributed by atoms with Crippen molar-refractivity contribution in [2.45, 2.75) is 33.1 Å². The summed E-state index contributed by atoms with van der Waals surface area (Å²) in [5, 5.41) is 3.92. The van der Waals surface area contributed by atoms with Gasteiger partial charge in [-0.25, -0.2) is 4.68 Å². The molecule has 1 heterocycles. The number of nitrogen functional groups attached to an aromatic ring is 1. The molecule has 0 saturated heterocycles. The van der Waals surface area contributed by atoms with Gasteiger partial charge in [0.2, 0.25) is 5.95 Å². The van der Waals surface area contributed by atoms with Crippen LogP contribution in [0.25, 0.3) is 0 Å². The summed E-state index contributed by atoms with van der Waals surface area (Å²) in [6.07, 6.45) is 0. The Morgan fingerprint density at radius 3 is 2.54 bits per heavy atom. The Morgan fingerprint density at radius 2 is 2.15 bits per heavy atom. The van der Waals surface area contributed by atoms with Gasteiger partial charge in [0, 0.05) is 0 Å². The van der Waals surface area contributed by atoms with Crippen LogP contribution in [0.3, 0.4) is 0 Å². The molecule has 0 aliphatic rings. The average Bonchev–Trinajstić information content (AvgIpc) is 2.24. The van der Waals surface area contributed by atoms with Crippen LogP contribution < -0.4 is 5.73 Å². The SMILES string of the molecule is CC(C)(C)OCn1nc(N)nc1Br. The minimum absolute atomic E-state index is 0.194. The molecule has 6 heteroatoms. The second-order valence-corrected chi connectivity index (χ2v) is 4.33. The molecule has 0 bridgehead atoms. The topological polar surface area (TPSA) is 66.0 Å². The molecule has 1 aromatic rings. The lowest BCUT2D eigenvalue weighted by Crippen LogP contribution is -2.21. The summed E-state index contributed by atoms with van der Waals surface area (Å²) in [7, 11) is 0. The molecule has 13 heavy (non-hydrogen) atoms. The maximum atomic E-state index is 5.48. The lowest BCUT2D eigenvalue weighted by Gasteiger charge is -2.19. The molecule has 0 aromatic carbocycles. The molecule has 0 unspecified atom stereocenters. The van der Waals surface area contributed by atoms with Crippen molar-refractivity contribution in [1.29, 1.82) is 0 Å². The molecule has 0 atom stereocenters. The van der Waals surface area contributed by atoms with E-state index >= 15 is 0 Å². The first kappa shape index (κ1) is 10.5. The summed E-state index contributed by atoms with van der Waals surface area (Å²) in [6.45, 7) is 6.26. The second kappa shape index (κ2) is 3.63. The van der Waals surface area contributed by atoms with Crippen LogP contribution in [0.5, 0.6) is 0 Å². The van der Waals surface area contributed by atoms with Crippen LogP contribution in [0.1, 0.15) is 20.8 Å². The maximum Gasteiger partial charge on any atom is 0.240 e. The molecule has 2 N–H and O–H groups in total. The zero-order chi connectivity index (χ0) is 10.1. The first-order valence-electron chi connectivity index (χ1n) is 3.88. The van der Waals surface area contributed by atoms with E-state index in [4.69, 9.17) is 10.5 Å². The minimum Gasteiger partial charge on any atom is -0.366 e. The molecule has 0 fully saturated rings. The Balaban J connectivity index is 2.59. The van der Waals surface area contributed by atoms with Crippen molar-refractivity contribution in [2.75, 3.05) is 5.73 Å². The fraction of sp³-hybridized carbons (Fsp3) is 0.714. The van der Waals surface area contributed by atoms with E-state index in [9.17, 15) is 0 Å². The van der Waals surface area contributed by atoms with Crippen LogP contribution in [0, 0.1) is 0 Å². The number of ether oxygens (including phenoxy) is 1. The highest BCUT2D eigenvalue weighted by Gasteiger charge is 2.12. The molecule has 5 nitrogen and oxygen atoms in total. The van der Waals surface area contributed by atoms with E-state index in [1.807, 2.05) is 20.8 Å². The first-order chi connectivity index (χ1) is 5.88. The Morgan fingerprint density at radius 1 is 1.54 bits per heavy atom. The fourth-order valence-electron chi connectivity index (χ4n) is 0.676. The third kappa shape index (κ3) is 3.31. The highest BCUT2D eigenvalue weighted by Crippen LogP contribution is 2.12. The van der Waals surface area contributed by atoms with Gasteiger partial charge in [0.25, 0.3) is 0 Å². The largest absolute Gasteiger partial charge is 0.366 e. The predicted molar refractivity (Wildman–Crippen MR) is 53.0 cm³/mol. The number of halogens is 1. The zero-order valence-corrected chi connectivity index (χ0v) is 9.50. The average molecular weight is 249 g/mol. The smallest absolute Gasteiger partial charge is 0.240 e. The summed E-state index contributed by atoms with van der Waals surface area (Å²) in [5.41, 5.74) is 5.20. The second-order valence-electron chi connectivity index (χ2n) is 3.62. The normalized spacial score (nSPS) is 12.0. The predicted octanol–water partition coefficient (Wildman–Crippen LogP) is 1.40. The summed E-state index contributed by atoms with van der Waals surface area (Å²) >= 11 is 3.21. The van der Waals surface area contributed by atoms with E-state index in [0.29, 0.717) is 11.5 Å². The minimum atomic E-state index is -0.194. The molecular weight excluding hydrogens is 236 g/mol. The monoisotopic (exact) mass is 248 g/mol. The Bertz CT molecular complexity index is 291. The van der Waals surface area contributed by atoms with E-state index in [0.717, 1.165) is 0 Å². The highest BCUT2D eigenvalue weighted by atomic mass is 79.9. The van der Waals surface area contributed by atoms with Gasteiger partial charge in [0.15, 0.2) is 4.73 Å². The van der Waals surface area contributed by atoms with Crippen LogP contribution in [0.4, 0.5) is 5.95 Å². The summed E-state index contributed by atoms with van der Waals surface area (Å²) in [4.78, 5) is 3.88. The van der Waals surface area contributed by atoms with E-state index < -0.39 is 0 Å². The third-order valence-electron chi connectivity index (χ3n) is 1.26. The molecule has 1 aromatic heterocycles. The third-order valence-corrected chi connectivity index (χ3v) is 1.85. The number of hydrogen-bond acceptors (Lipinski definition) is 4. The Hall–Kier alpha value is -0.620. The van der Waals surface area contributed by atoms with Gasteiger partial charge in [-0.1, -0.05) is 0 Å². The standard InChI is InChI=1S/C7H13BrN4O/c1-7(2,3)13-4-12-5(8)10-6(9)11-12/h4H2,1-3H3,(H2,9,11). The summed E-state index contributed by atoms with van der Waals surface area (Å²) in [5.74, 6) is 0.240. The number of aromatic nitrogens is 3. The zero-order valence-electron chi connectivity index (χ0n) is 7.91. The summed E-state index contributed by atoms with van der Waals surface area (Å²) in [6, 6.07) is 0. The van der Waals surface area contributed by atoms with E-state index in [1.165, 1.54) is 0 Å². The quantitative estimate of drug-likeness (QED) is 0.860. The lowest BCUT2D eigenvalue weighted by molar-refractivity contribution is -0.0489. The first-order valence-corrected chi connectivity index (χ1v) is 4.67. The van der Waals surface area contributed by atoms with Crippen molar-refractivity contribution >= 4 is 21.9 Å². The molecule has 0 spiro atoms. The highest BCUT2D eigenvalue weighted by molar-refractivity contribution is 9.10. The van der Waals surface area contributed by atoms with Crippen molar-refractivity contribution in [3.05, 3.63) is 4.73 Å². The van der Waals surface area contributed by atoms with Crippen molar-refractivity contribution in [3.63, 3.8) is 0 Å². The number of nitrogens with zero attached hydrogens (tertiary/aromatic N) is 3. The maximum absolute atomic E-state index is 5.48. The number of rotatable bonds is 2. The van der Waals surface area contributed by atoms with Gasteiger partial charge < -0.3 is 10.5 Å². The van der Waals surface area contributed by atoms with Crippen molar-refractivity contribution in [3.8, 4) is 0 Å². The van der Waals surface area contributed by atoms with Gasteiger partial charge >= 0.3 is 0 Å². The molecule has 0 amide bonds. The summed E-state index contributed by atoms with van der Waals surface area (Å²) < 4.78 is 7.62. The van der Waals surface area contributed by atoms with Gasteiger partial charge in [0.05, 0.1) is 5.60 Å². The van der Waals surface area contributed by atoms with Crippen molar-refractivity contribution in [1.82, 2.24) is 14.8 Å². The molecular formula is C7H13BrN4O. The van der Waals surface area contributed by atoms with Crippen LogP contribution in [-0.4, -0.2) is 20.4 Å². The molecule has 0 saturated carbocycles. The molecule has 0 aliphatic carbocycles. The van der Waals surface area contributed by atoms with Crippen LogP contribution in [0.15, 0.2) is 4.73 Å².